The van der Waals surface area contributed by atoms with Crippen molar-refractivity contribution in [3.8, 4) is 6.07 Å². The molecule has 0 aliphatic heterocycles. The van der Waals surface area contributed by atoms with Gasteiger partial charge in [0.2, 0.25) is 0 Å². The van der Waals surface area contributed by atoms with Gasteiger partial charge in [0.25, 0.3) is 0 Å². The summed E-state index contributed by atoms with van der Waals surface area (Å²) in [6.07, 6.45) is 14.6. The minimum absolute atomic E-state index is 0.348. The van der Waals surface area contributed by atoms with Crippen molar-refractivity contribution < 1.29 is 0 Å². The molecule has 0 spiro atoms. The molecule has 4 saturated carbocycles. The average Bonchev–Trinajstić information content (AvgIpc) is 2.84. The molecule has 4 aliphatic rings. The number of hydrogen-bond acceptors (Lipinski definition) is 1. The van der Waals surface area contributed by atoms with Gasteiger partial charge in [-0.1, -0.05) is 32.8 Å². The molecule has 1 heteroatoms. The fourth-order valence-corrected chi connectivity index (χ4v) is 7.83. The number of nitrogens with zero attached hydrogens (tertiary/aromatic N) is 1. The first-order chi connectivity index (χ1) is 11.0. The van der Waals surface area contributed by atoms with E-state index in [0.717, 1.165) is 29.6 Å². The second-order valence-corrected chi connectivity index (χ2v) is 9.84. The number of fused-ring (bicyclic) bond motifs is 5. The van der Waals surface area contributed by atoms with Crippen LogP contribution in [-0.4, -0.2) is 0 Å². The fraction of sp³-hybridized carbons (Fsp3) is 0.864. The zero-order valence-electron chi connectivity index (χ0n) is 15.3. The zero-order valence-corrected chi connectivity index (χ0v) is 15.3. The highest BCUT2D eigenvalue weighted by atomic mass is 14.6. The Kier molecular flexibility index (Phi) is 3.67. The van der Waals surface area contributed by atoms with E-state index < -0.39 is 0 Å². The lowest BCUT2D eigenvalue weighted by Crippen LogP contribution is -2.52. The lowest BCUT2D eigenvalue weighted by atomic mass is 9.44. The molecule has 0 radical (unpaired) electrons. The molecular formula is C22H33N. The summed E-state index contributed by atoms with van der Waals surface area (Å²) in [6, 6.07) is 2.34. The normalized spacial score (nSPS) is 54.0. The van der Waals surface area contributed by atoms with E-state index in [1.165, 1.54) is 63.4 Å². The van der Waals surface area contributed by atoms with Crippen LogP contribution in [0.1, 0.15) is 78.6 Å². The number of nitriles is 1. The number of rotatable bonds is 0. The molecule has 7 unspecified atom stereocenters. The predicted molar refractivity (Wildman–Crippen MR) is 94.6 cm³/mol. The van der Waals surface area contributed by atoms with Crippen molar-refractivity contribution in [2.45, 2.75) is 78.6 Å². The highest BCUT2D eigenvalue weighted by molar-refractivity contribution is 5.28. The Morgan fingerprint density at radius 3 is 2.61 bits per heavy atom. The third-order valence-electron chi connectivity index (χ3n) is 8.95. The van der Waals surface area contributed by atoms with E-state index in [0.29, 0.717) is 10.8 Å². The standard InChI is InChI=1S/C22H33N/c1-15-4-5-16-6-8-18-19-9-7-17(11-13-23)21(19,2)12-10-20(18)22(16,3)14-15/h11,15-16,18-20H,4-10,12,14H2,1-3H3/b17-11-. The smallest absolute Gasteiger partial charge is 0.0911 e. The van der Waals surface area contributed by atoms with Crippen LogP contribution in [0.15, 0.2) is 11.6 Å². The van der Waals surface area contributed by atoms with Gasteiger partial charge in [-0.25, -0.2) is 0 Å². The van der Waals surface area contributed by atoms with Crippen LogP contribution in [0.4, 0.5) is 0 Å². The first-order valence-electron chi connectivity index (χ1n) is 10.1. The van der Waals surface area contributed by atoms with E-state index in [2.05, 4.69) is 26.8 Å². The topological polar surface area (TPSA) is 23.8 Å². The molecular weight excluding hydrogens is 278 g/mol. The average molecular weight is 312 g/mol. The molecule has 4 aliphatic carbocycles. The summed E-state index contributed by atoms with van der Waals surface area (Å²) >= 11 is 0. The van der Waals surface area contributed by atoms with Crippen LogP contribution >= 0.6 is 0 Å². The maximum atomic E-state index is 9.16. The van der Waals surface area contributed by atoms with Gasteiger partial charge in [-0.2, -0.15) is 5.26 Å². The summed E-state index contributed by atoms with van der Waals surface area (Å²) in [7, 11) is 0. The van der Waals surface area contributed by atoms with Gasteiger partial charge in [-0.3, -0.25) is 0 Å². The Balaban J connectivity index is 1.65. The van der Waals surface area contributed by atoms with Crippen molar-refractivity contribution >= 4 is 0 Å². The van der Waals surface area contributed by atoms with Crippen LogP contribution in [0.5, 0.6) is 0 Å². The van der Waals surface area contributed by atoms with Crippen LogP contribution in [0.2, 0.25) is 0 Å². The molecule has 7 atom stereocenters. The molecule has 4 rings (SSSR count). The number of allylic oxidation sites excluding steroid dienone is 2. The largest absolute Gasteiger partial charge is 0.193 e. The van der Waals surface area contributed by atoms with Crippen molar-refractivity contribution in [3.05, 3.63) is 11.6 Å². The molecule has 0 aromatic rings. The summed E-state index contributed by atoms with van der Waals surface area (Å²) in [4.78, 5) is 0. The zero-order chi connectivity index (χ0) is 16.2. The summed E-state index contributed by atoms with van der Waals surface area (Å²) in [5, 5.41) is 9.16. The van der Waals surface area contributed by atoms with Gasteiger partial charge in [-0.05, 0) is 91.8 Å². The van der Waals surface area contributed by atoms with Gasteiger partial charge in [-0.15, -0.1) is 0 Å². The summed E-state index contributed by atoms with van der Waals surface area (Å²) in [6.45, 7) is 7.64. The Morgan fingerprint density at radius 2 is 1.83 bits per heavy atom. The minimum Gasteiger partial charge on any atom is -0.193 e. The highest BCUT2D eigenvalue weighted by Crippen LogP contribution is 2.67. The van der Waals surface area contributed by atoms with Gasteiger partial charge in [0.15, 0.2) is 0 Å². The molecule has 0 heterocycles. The van der Waals surface area contributed by atoms with Crippen LogP contribution in [0.3, 0.4) is 0 Å². The summed E-state index contributed by atoms with van der Waals surface area (Å²) in [5.74, 6) is 4.69. The van der Waals surface area contributed by atoms with Crippen molar-refractivity contribution in [1.29, 1.82) is 5.26 Å². The third-order valence-corrected chi connectivity index (χ3v) is 8.95. The van der Waals surface area contributed by atoms with Crippen molar-refractivity contribution in [2.75, 3.05) is 0 Å². The Hall–Kier alpha value is -0.770. The lowest BCUT2D eigenvalue weighted by molar-refractivity contribution is -0.106. The van der Waals surface area contributed by atoms with Gasteiger partial charge in [0.1, 0.15) is 0 Å². The van der Waals surface area contributed by atoms with E-state index >= 15 is 0 Å². The van der Waals surface area contributed by atoms with Gasteiger partial charge < -0.3 is 0 Å². The molecule has 0 aromatic heterocycles. The van der Waals surface area contributed by atoms with E-state index in [-0.39, 0.29) is 0 Å². The Labute approximate surface area is 142 Å². The first-order valence-corrected chi connectivity index (χ1v) is 10.1. The molecule has 4 fully saturated rings. The summed E-state index contributed by atoms with van der Waals surface area (Å²) < 4.78 is 0. The fourth-order valence-electron chi connectivity index (χ4n) is 7.83. The predicted octanol–water partition coefficient (Wildman–Crippen LogP) is 6.12. The molecule has 0 bridgehead atoms. The molecule has 0 aromatic carbocycles. The van der Waals surface area contributed by atoms with Gasteiger partial charge in [0, 0.05) is 6.08 Å². The summed E-state index contributed by atoms with van der Waals surface area (Å²) in [5.41, 5.74) is 2.44. The monoisotopic (exact) mass is 311 g/mol. The molecule has 0 saturated heterocycles. The van der Waals surface area contributed by atoms with E-state index in [4.69, 9.17) is 5.26 Å². The Bertz CT molecular complexity index is 555. The third kappa shape index (κ3) is 2.16. The maximum absolute atomic E-state index is 9.16. The SMILES string of the molecule is CC1CCC2CCC3C4CC/C(=C/C#N)C4(C)CCC3C2(C)C1. The van der Waals surface area contributed by atoms with Crippen molar-refractivity contribution in [3.63, 3.8) is 0 Å². The molecule has 0 amide bonds. The van der Waals surface area contributed by atoms with Crippen LogP contribution in [-0.2, 0) is 0 Å². The van der Waals surface area contributed by atoms with Crippen LogP contribution in [0, 0.1) is 51.8 Å². The quantitative estimate of drug-likeness (QED) is 0.495. The minimum atomic E-state index is 0.348. The van der Waals surface area contributed by atoms with Crippen molar-refractivity contribution in [1.82, 2.24) is 0 Å². The first kappa shape index (κ1) is 15.7. The maximum Gasteiger partial charge on any atom is 0.0911 e. The lowest BCUT2D eigenvalue weighted by Gasteiger charge is -2.60. The molecule has 0 N–H and O–H groups in total. The second kappa shape index (κ2) is 5.37. The van der Waals surface area contributed by atoms with Gasteiger partial charge >= 0.3 is 0 Å². The van der Waals surface area contributed by atoms with E-state index in [9.17, 15) is 0 Å². The van der Waals surface area contributed by atoms with Crippen molar-refractivity contribution in [2.24, 2.45) is 40.4 Å². The Morgan fingerprint density at radius 1 is 1.04 bits per heavy atom. The van der Waals surface area contributed by atoms with E-state index in [1.807, 2.05) is 6.08 Å². The molecule has 126 valence electrons. The van der Waals surface area contributed by atoms with Crippen LogP contribution < -0.4 is 0 Å². The second-order valence-electron chi connectivity index (χ2n) is 9.84. The highest BCUT2D eigenvalue weighted by Gasteiger charge is 2.58. The van der Waals surface area contributed by atoms with Crippen LogP contribution in [0.25, 0.3) is 0 Å². The molecule has 1 nitrogen and oxygen atoms in total. The van der Waals surface area contributed by atoms with Gasteiger partial charge in [0.05, 0.1) is 6.07 Å². The molecule has 23 heavy (non-hydrogen) atoms. The number of hydrogen-bond donors (Lipinski definition) is 0. The van der Waals surface area contributed by atoms with E-state index in [1.54, 1.807) is 0 Å².